The number of ether oxygens (including phenoxy) is 1. The maximum Gasteiger partial charge on any atom is 0.416 e. The number of rotatable bonds is 8. The quantitative estimate of drug-likeness (QED) is 0.255. The molecular weight excluding hydrogens is 594 g/mol. The molecule has 5 atom stereocenters. The lowest BCUT2D eigenvalue weighted by Gasteiger charge is -2.51. The minimum absolute atomic E-state index is 0.0870. The number of carbonyl (C=O) groups excluding carboxylic acids is 1. The van der Waals surface area contributed by atoms with E-state index in [2.05, 4.69) is 34.5 Å². The lowest BCUT2D eigenvalue weighted by Crippen LogP contribution is -2.59. The molecule has 4 nitrogen and oxygen atoms in total. The van der Waals surface area contributed by atoms with Crippen molar-refractivity contribution in [3.8, 4) is 0 Å². The first-order chi connectivity index (χ1) is 21.4. The largest absolute Gasteiger partial charge is 0.416 e. The Bertz CT molecular complexity index is 1450. The zero-order valence-corrected chi connectivity index (χ0v) is 24.7. The van der Waals surface area contributed by atoms with E-state index >= 15 is 0 Å². The highest BCUT2D eigenvalue weighted by molar-refractivity contribution is 5.88. The molecule has 45 heavy (non-hydrogen) atoms. The van der Waals surface area contributed by atoms with Gasteiger partial charge >= 0.3 is 12.4 Å². The molecule has 0 aromatic heterocycles. The van der Waals surface area contributed by atoms with Crippen molar-refractivity contribution < 1.29 is 35.9 Å². The summed E-state index contributed by atoms with van der Waals surface area (Å²) in [5, 5.41) is 3.27. The van der Waals surface area contributed by atoms with E-state index in [0.29, 0.717) is 37.4 Å². The van der Waals surface area contributed by atoms with Gasteiger partial charge in [-0.05, 0) is 79.8 Å². The van der Waals surface area contributed by atoms with E-state index in [4.69, 9.17) is 4.74 Å². The lowest BCUT2D eigenvalue weighted by molar-refractivity contribution is -0.143. The highest BCUT2D eigenvalue weighted by atomic mass is 19.4. The topological polar surface area (TPSA) is 41.6 Å². The van der Waals surface area contributed by atoms with Gasteiger partial charge in [-0.3, -0.25) is 15.0 Å². The monoisotopic (exact) mass is 630 g/mol. The van der Waals surface area contributed by atoms with E-state index in [1.165, 1.54) is 5.56 Å². The third-order valence-electron chi connectivity index (χ3n) is 9.78. The van der Waals surface area contributed by atoms with Gasteiger partial charge in [-0.1, -0.05) is 60.7 Å². The SMILES string of the molecule is O=C([C@H]1CCCC(OCc2cc(C(F)(F)F)cc(C(F)(F)F)c2)N1)[C@@H]1CC[C@H]2CC[C@@]1(c1ccccc1)N2Cc1ccccc1. The van der Waals surface area contributed by atoms with Crippen LogP contribution in [-0.4, -0.2) is 29.0 Å². The highest BCUT2D eigenvalue weighted by Crippen LogP contribution is 2.55. The molecule has 6 rings (SSSR count). The maximum atomic E-state index is 14.5. The summed E-state index contributed by atoms with van der Waals surface area (Å²) in [4.78, 5) is 17.0. The van der Waals surface area contributed by atoms with Crippen molar-refractivity contribution in [2.75, 3.05) is 0 Å². The molecule has 3 aromatic carbocycles. The summed E-state index contributed by atoms with van der Waals surface area (Å²) >= 11 is 0. The fourth-order valence-corrected chi connectivity index (χ4v) is 7.75. The molecule has 0 saturated carbocycles. The van der Waals surface area contributed by atoms with Gasteiger partial charge in [-0.25, -0.2) is 0 Å². The summed E-state index contributed by atoms with van der Waals surface area (Å²) in [7, 11) is 0. The first-order valence-electron chi connectivity index (χ1n) is 15.5. The van der Waals surface area contributed by atoms with Crippen LogP contribution >= 0.6 is 0 Å². The van der Waals surface area contributed by atoms with Crippen LogP contribution in [0.2, 0.25) is 0 Å². The van der Waals surface area contributed by atoms with Crippen molar-refractivity contribution in [2.45, 2.75) is 94.3 Å². The number of Topliss-reactive ketones (excluding diaryl/α,β-unsaturated/α-hetero) is 1. The second-order valence-corrected chi connectivity index (χ2v) is 12.5. The van der Waals surface area contributed by atoms with Gasteiger partial charge in [-0.15, -0.1) is 0 Å². The number of halogens is 6. The Morgan fingerprint density at radius 3 is 2.09 bits per heavy atom. The standard InChI is InChI=1S/C35H36F6N2O2/c36-34(37,38)26-18-24(19-27(20-26)35(39,40)41)22-45-31-13-7-12-30(42-31)32(44)29-15-14-28-16-17-33(29,25-10-5-2-6-11-25)43(28)21-23-8-3-1-4-9-23/h1-6,8-11,18-20,28-31,42H,7,12-17,21-22H2/t28-,29-,30+,31?,33-/m0/s1. The third kappa shape index (κ3) is 6.55. The van der Waals surface area contributed by atoms with Gasteiger partial charge in [-0.2, -0.15) is 26.3 Å². The molecule has 0 amide bonds. The molecule has 3 aromatic rings. The first kappa shape index (κ1) is 31.8. The maximum absolute atomic E-state index is 14.5. The number of nitrogens with one attached hydrogen (secondary N) is 1. The van der Waals surface area contributed by atoms with E-state index in [1.807, 2.05) is 36.4 Å². The molecule has 0 spiro atoms. The smallest absolute Gasteiger partial charge is 0.359 e. The second-order valence-electron chi connectivity index (χ2n) is 12.5. The molecule has 3 fully saturated rings. The average molecular weight is 631 g/mol. The molecule has 0 radical (unpaired) electrons. The van der Waals surface area contributed by atoms with Crippen molar-refractivity contribution in [1.29, 1.82) is 0 Å². The molecule has 10 heteroatoms. The number of piperidine rings is 2. The Hall–Kier alpha value is -3.21. The van der Waals surface area contributed by atoms with E-state index in [1.54, 1.807) is 0 Å². The summed E-state index contributed by atoms with van der Waals surface area (Å²) < 4.78 is 86.0. The second kappa shape index (κ2) is 12.5. The highest BCUT2D eigenvalue weighted by Gasteiger charge is 2.58. The molecule has 3 heterocycles. The van der Waals surface area contributed by atoms with Crippen LogP contribution in [0.25, 0.3) is 0 Å². The fraction of sp³-hybridized carbons (Fsp3) is 0.457. The molecule has 1 unspecified atom stereocenters. The summed E-state index contributed by atoms with van der Waals surface area (Å²) in [6, 6.07) is 21.8. The van der Waals surface area contributed by atoms with Crippen LogP contribution in [0.15, 0.2) is 78.9 Å². The average Bonchev–Trinajstić information content (AvgIpc) is 3.25. The fourth-order valence-electron chi connectivity index (χ4n) is 7.75. The van der Waals surface area contributed by atoms with Crippen molar-refractivity contribution >= 4 is 5.78 Å². The number of hydrogen-bond acceptors (Lipinski definition) is 4. The van der Waals surface area contributed by atoms with Gasteiger partial charge < -0.3 is 4.74 Å². The Morgan fingerprint density at radius 2 is 1.44 bits per heavy atom. The van der Waals surface area contributed by atoms with Gasteiger partial charge in [0.1, 0.15) is 6.23 Å². The van der Waals surface area contributed by atoms with Crippen LogP contribution in [0.3, 0.4) is 0 Å². The zero-order chi connectivity index (χ0) is 31.8. The number of nitrogens with zero attached hydrogens (tertiary/aromatic N) is 1. The Balaban J connectivity index is 1.21. The van der Waals surface area contributed by atoms with Crippen molar-refractivity contribution in [1.82, 2.24) is 10.2 Å². The minimum atomic E-state index is -4.93. The minimum Gasteiger partial charge on any atom is -0.359 e. The Kier molecular flexibility index (Phi) is 8.84. The number of fused-ring (bicyclic) bond motifs is 2. The molecule has 0 aliphatic carbocycles. The first-order valence-corrected chi connectivity index (χ1v) is 15.5. The predicted molar refractivity (Wildman–Crippen MR) is 157 cm³/mol. The summed E-state index contributed by atoms with van der Waals surface area (Å²) in [6.07, 6.45) is -5.32. The van der Waals surface area contributed by atoms with Crippen LogP contribution in [0.5, 0.6) is 0 Å². The van der Waals surface area contributed by atoms with Gasteiger partial charge in [0.25, 0.3) is 0 Å². The molecule has 240 valence electrons. The number of carbonyl (C=O) groups is 1. The molecule has 3 aliphatic rings. The Morgan fingerprint density at radius 1 is 0.800 bits per heavy atom. The Labute approximate surface area is 258 Å². The van der Waals surface area contributed by atoms with Crippen LogP contribution < -0.4 is 5.32 Å². The van der Waals surface area contributed by atoms with E-state index in [0.717, 1.165) is 37.8 Å². The summed E-state index contributed by atoms with van der Waals surface area (Å²) in [5.74, 6) is -0.194. The van der Waals surface area contributed by atoms with E-state index < -0.39 is 47.9 Å². The van der Waals surface area contributed by atoms with Crippen LogP contribution in [0, 0.1) is 5.92 Å². The normalized spacial score (nSPS) is 27.4. The molecule has 3 aliphatic heterocycles. The summed E-state index contributed by atoms with van der Waals surface area (Å²) in [6.45, 7) is 0.278. The van der Waals surface area contributed by atoms with Crippen molar-refractivity contribution in [3.05, 3.63) is 107 Å². The van der Waals surface area contributed by atoms with Crippen molar-refractivity contribution in [2.24, 2.45) is 5.92 Å². The molecular formula is C35H36F6N2O2. The molecule has 3 saturated heterocycles. The van der Waals surface area contributed by atoms with Crippen LogP contribution in [-0.2, 0) is 40.6 Å². The predicted octanol–water partition coefficient (Wildman–Crippen LogP) is 8.25. The number of alkyl halides is 6. The lowest BCUT2D eigenvalue weighted by atomic mass is 9.69. The van der Waals surface area contributed by atoms with Crippen LogP contribution in [0.4, 0.5) is 26.3 Å². The zero-order valence-electron chi connectivity index (χ0n) is 24.7. The summed E-state index contributed by atoms with van der Waals surface area (Å²) in [5.41, 5.74) is -1.15. The van der Waals surface area contributed by atoms with Gasteiger partial charge in [0.15, 0.2) is 5.78 Å². The van der Waals surface area contributed by atoms with Crippen molar-refractivity contribution in [3.63, 3.8) is 0 Å². The molecule has 2 bridgehead atoms. The third-order valence-corrected chi connectivity index (χ3v) is 9.78. The van der Waals surface area contributed by atoms with E-state index in [9.17, 15) is 31.1 Å². The van der Waals surface area contributed by atoms with E-state index in [-0.39, 0.29) is 23.3 Å². The van der Waals surface area contributed by atoms with Gasteiger partial charge in [0.2, 0.25) is 0 Å². The van der Waals surface area contributed by atoms with Gasteiger partial charge in [0, 0.05) is 18.5 Å². The number of hydrogen-bond donors (Lipinski definition) is 1. The number of ketones is 1. The van der Waals surface area contributed by atoms with Gasteiger partial charge in [0.05, 0.1) is 29.3 Å². The van der Waals surface area contributed by atoms with Crippen LogP contribution in [0.1, 0.15) is 72.8 Å². The number of benzene rings is 3. The molecule has 1 N–H and O–H groups in total.